The van der Waals surface area contributed by atoms with Crippen LogP contribution < -0.4 is 0 Å². The Morgan fingerprint density at radius 1 is 1.06 bits per heavy atom. The van der Waals surface area contributed by atoms with Gasteiger partial charge in [-0.15, -0.1) is 0 Å². The van der Waals surface area contributed by atoms with E-state index in [1.54, 1.807) is 6.20 Å². The number of rotatable bonds is 3. The van der Waals surface area contributed by atoms with E-state index >= 15 is 0 Å². The van der Waals surface area contributed by atoms with Crippen molar-refractivity contribution < 1.29 is 4.79 Å². The van der Waals surface area contributed by atoms with Gasteiger partial charge in [0.2, 0.25) is 0 Å². The van der Waals surface area contributed by atoms with Crippen molar-refractivity contribution in [2.75, 3.05) is 0 Å². The Hall–Kier alpha value is -1.96. The Morgan fingerprint density at radius 3 is 2.24 bits per heavy atom. The summed E-state index contributed by atoms with van der Waals surface area (Å²) in [6.07, 6.45) is 2.62. The summed E-state index contributed by atoms with van der Waals surface area (Å²) in [5, 5.41) is 0. The number of nitrogens with zero attached hydrogens (tertiary/aromatic N) is 1. The number of benzene rings is 1. The van der Waals surface area contributed by atoms with Crippen LogP contribution in [0.15, 0.2) is 42.6 Å². The predicted octanol–water partition coefficient (Wildman–Crippen LogP) is 3.18. The zero-order valence-corrected chi connectivity index (χ0v) is 10.1. The second-order valence-corrected chi connectivity index (χ2v) is 4.07. The van der Waals surface area contributed by atoms with Gasteiger partial charge in [-0.1, -0.05) is 31.2 Å². The summed E-state index contributed by atoms with van der Waals surface area (Å²) in [4.78, 5) is 16.3. The van der Waals surface area contributed by atoms with E-state index in [0.717, 1.165) is 12.1 Å². The van der Waals surface area contributed by atoms with Gasteiger partial charge in [0, 0.05) is 23.0 Å². The lowest BCUT2D eigenvalue weighted by molar-refractivity contribution is 0.103. The van der Waals surface area contributed by atoms with Crippen LogP contribution in [0.1, 0.15) is 34.1 Å². The highest BCUT2D eigenvalue weighted by molar-refractivity contribution is 6.08. The number of carbonyl (C=O) groups is 1. The van der Waals surface area contributed by atoms with E-state index in [4.69, 9.17) is 0 Å². The van der Waals surface area contributed by atoms with Gasteiger partial charge >= 0.3 is 0 Å². The number of aryl methyl sites for hydroxylation is 2. The van der Waals surface area contributed by atoms with Crippen molar-refractivity contribution >= 4 is 5.78 Å². The lowest BCUT2D eigenvalue weighted by atomic mass is 10.0. The van der Waals surface area contributed by atoms with Crippen LogP contribution in [0.4, 0.5) is 0 Å². The third-order valence-corrected chi connectivity index (χ3v) is 2.80. The largest absolute Gasteiger partial charge is 0.289 e. The van der Waals surface area contributed by atoms with E-state index in [0.29, 0.717) is 11.1 Å². The van der Waals surface area contributed by atoms with Crippen LogP contribution in [0.2, 0.25) is 0 Å². The minimum atomic E-state index is 0.0279. The summed E-state index contributed by atoms with van der Waals surface area (Å²) in [7, 11) is 0. The first kappa shape index (κ1) is 11.5. The van der Waals surface area contributed by atoms with Crippen molar-refractivity contribution in [1.82, 2.24) is 4.98 Å². The molecule has 0 aliphatic carbocycles. The Balaban J connectivity index is 2.27. The molecule has 0 radical (unpaired) electrons. The number of ketones is 1. The second-order valence-electron chi connectivity index (χ2n) is 4.07. The van der Waals surface area contributed by atoms with Gasteiger partial charge in [0.15, 0.2) is 5.78 Å². The summed E-state index contributed by atoms with van der Waals surface area (Å²) in [5.41, 5.74) is 3.51. The molecule has 0 fully saturated rings. The van der Waals surface area contributed by atoms with Crippen LogP contribution in [0.3, 0.4) is 0 Å². The van der Waals surface area contributed by atoms with Crippen molar-refractivity contribution in [3.05, 3.63) is 65.0 Å². The zero-order chi connectivity index (χ0) is 12.3. The Morgan fingerprint density at radius 2 is 1.71 bits per heavy atom. The van der Waals surface area contributed by atoms with Crippen LogP contribution in [0, 0.1) is 6.92 Å². The first-order chi connectivity index (χ1) is 8.20. The average Bonchev–Trinajstić information content (AvgIpc) is 2.39. The SMILES string of the molecule is CCc1ccc(C(=O)c2ccc(C)nc2)cc1. The maximum Gasteiger partial charge on any atom is 0.194 e. The first-order valence-electron chi connectivity index (χ1n) is 5.77. The molecule has 0 unspecified atom stereocenters. The van der Waals surface area contributed by atoms with Crippen molar-refractivity contribution in [1.29, 1.82) is 0 Å². The molecule has 2 aromatic rings. The fourth-order valence-corrected chi connectivity index (χ4v) is 1.66. The third-order valence-electron chi connectivity index (χ3n) is 2.80. The van der Waals surface area contributed by atoms with Crippen molar-refractivity contribution in [3.63, 3.8) is 0 Å². The van der Waals surface area contributed by atoms with Crippen molar-refractivity contribution in [3.8, 4) is 0 Å². The normalized spacial score (nSPS) is 10.2. The quantitative estimate of drug-likeness (QED) is 0.751. The second kappa shape index (κ2) is 4.91. The van der Waals surface area contributed by atoms with Crippen molar-refractivity contribution in [2.45, 2.75) is 20.3 Å². The Labute approximate surface area is 101 Å². The standard InChI is InChI=1S/C15H15NO/c1-3-12-5-8-13(9-6-12)15(17)14-7-4-11(2)16-10-14/h4-10H,3H2,1-2H3. The van der Waals surface area contributed by atoms with E-state index in [1.165, 1.54) is 5.56 Å². The van der Waals surface area contributed by atoms with Gasteiger partial charge in [-0.2, -0.15) is 0 Å². The first-order valence-corrected chi connectivity index (χ1v) is 5.77. The molecule has 0 aliphatic heterocycles. The van der Waals surface area contributed by atoms with Gasteiger partial charge in [-0.25, -0.2) is 0 Å². The van der Waals surface area contributed by atoms with Gasteiger partial charge < -0.3 is 0 Å². The van der Waals surface area contributed by atoms with Gasteiger partial charge in [0.05, 0.1) is 0 Å². The summed E-state index contributed by atoms with van der Waals surface area (Å²) in [5.74, 6) is 0.0279. The van der Waals surface area contributed by atoms with Gasteiger partial charge in [0.25, 0.3) is 0 Å². The minimum absolute atomic E-state index is 0.0279. The molecule has 0 bridgehead atoms. The van der Waals surface area contributed by atoms with Crippen LogP contribution >= 0.6 is 0 Å². The molecule has 1 aromatic heterocycles. The minimum Gasteiger partial charge on any atom is -0.289 e. The predicted molar refractivity (Wildman–Crippen MR) is 68.2 cm³/mol. The molecule has 0 spiro atoms. The fraction of sp³-hybridized carbons (Fsp3) is 0.200. The highest BCUT2D eigenvalue weighted by Gasteiger charge is 2.08. The number of hydrogen-bond donors (Lipinski definition) is 0. The van der Waals surface area contributed by atoms with Crippen LogP contribution in [-0.4, -0.2) is 10.8 Å². The topological polar surface area (TPSA) is 30.0 Å². The summed E-state index contributed by atoms with van der Waals surface area (Å²) in [6.45, 7) is 4.00. The van der Waals surface area contributed by atoms with E-state index in [1.807, 2.05) is 43.3 Å². The molecular weight excluding hydrogens is 210 g/mol. The lowest BCUT2D eigenvalue weighted by Crippen LogP contribution is -2.02. The molecular formula is C15H15NO. The van der Waals surface area contributed by atoms with E-state index in [9.17, 15) is 4.79 Å². The summed E-state index contributed by atoms with van der Waals surface area (Å²) < 4.78 is 0. The van der Waals surface area contributed by atoms with E-state index in [2.05, 4.69) is 11.9 Å². The number of aromatic nitrogens is 1. The molecule has 0 N–H and O–H groups in total. The molecule has 0 saturated heterocycles. The molecule has 17 heavy (non-hydrogen) atoms. The summed E-state index contributed by atoms with van der Waals surface area (Å²) in [6, 6.07) is 11.4. The van der Waals surface area contributed by atoms with E-state index < -0.39 is 0 Å². The van der Waals surface area contributed by atoms with Crippen LogP contribution in [0.25, 0.3) is 0 Å². The number of hydrogen-bond acceptors (Lipinski definition) is 2. The molecule has 0 saturated carbocycles. The highest BCUT2D eigenvalue weighted by Crippen LogP contribution is 2.11. The van der Waals surface area contributed by atoms with Crippen molar-refractivity contribution in [2.24, 2.45) is 0 Å². The lowest BCUT2D eigenvalue weighted by Gasteiger charge is -2.02. The van der Waals surface area contributed by atoms with Gasteiger partial charge in [0.1, 0.15) is 0 Å². The zero-order valence-electron chi connectivity index (χ0n) is 10.1. The van der Waals surface area contributed by atoms with E-state index in [-0.39, 0.29) is 5.78 Å². The number of carbonyl (C=O) groups excluding carboxylic acids is 1. The summed E-state index contributed by atoms with van der Waals surface area (Å²) >= 11 is 0. The highest BCUT2D eigenvalue weighted by atomic mass is 16.1. The smallest absolute Gasteiger partial charge is 0.194 e. The van der Waals surface area contributed by atoms with Crippen LogP contribution in [0.5, 0.6) is 0 Å². The molecule has 1 heterocycles. The van der Waals surface area contributed by atoms with Gasteiger partial charge in [-0.05, 0) is 31.0 Å². The van der Waals surface area contributed by atoms with Gasteiger partial charge in [-0.3, -0.25) is 9.78 Å². The molecule has 0 amide bonds. The monoisotopic (exact) mass is 225 g/mol. The maximum absolute atomic E-state index is 12.1. The molecule has 2 heteroatoms. The molecule has 0 atom stereocenters. The number of pyridine rings is 1. The third kappa shape index (κ3) is 2.59. The Bertz CT molecular complexity index is 512. The molecule has 2 rings (SSSR count). The Kier molecular flexibility index (Phi) is 3.33. The fourth-order valence-electron chi connectivity index (χ4n) is 1.66. The average molecular weight is 225 g/mol. The maximum atomic E-state index is 12.1. The molecule has 0 aliphatic rings. The molecule has 1 aromatic carbocycles. The molecule has 86 valence electrons. The molecule has 2 nitrogen and oxygen atoms in total. The van der Waals surface area contributed by atoms with Crippen LogP contribution in [-0.2, 0) is 6.42 Å².